The number of halogens is 2. The zero-order chi connectivity index (χ0) is 25.5. The van der Waals surface area contributed by atoms with Crippen LogP contribution in [0.3, 0.4) is 0 Å². The molecule has 34 heavy (non-hydrogen) atoms. The quantitative estimate of drug-likeness (QED) is 0.482. The Hall–Kier alpha value is -2.33. The lowest BCUT2D eigenvalue weighted by Crippen LogP contribution is -2.53. The third kappa shape index (κ3) is 6.85. The Morgan fingerprint density at radius 1 is 1.03 bits per heavy atom. The molecule has 0 saturated carbocycles. The number of amides is 2. The summed E-state index contributed by atoms with van der Waals surface area (Å²) in [5, 5.41) is 3.53. The molecule has 0 aliphatic carbocycles. The number of hydrogen-bond acceptors (Lipinski definition) is 4. The third-order valence-electron chi connectivity index (χ3n) is 5.16. The Morgan fingerprint density at radius 2 is 1.68 bits per heavy atom. The average molecular weight is 529 g/mol. The molecule has 2 amide bonds. The zero-order valence-electron chi connectivity index (χ0n) is 19.7. The van der Waals surface area contributed by atoms with E-state index in [0.29, 0.717) is 34.3 Å². The van der Waals surface area contributed by atoms with Gasteiger partial charge in [0.15, 0.2) is 0 Å². The van der Waals surface area contributed by atoms with Gasteiger partial charge in [-0.1, -0.05) is 54.4 Å². The molecular weight excluding hydrogens is 499 g/mol. The van der Waals surface area contributed by atoms with Crippen LogP contribution in [-0.2, 0) is 26.3 Å². The number of carbonyl (C=O) groups excluding carboxylic acids is 2. The van der Waals surface area contributed by atoms with Gasteiger partial charge in [-0.15, -0.1) is 0 Å². The van der Waals surface area contributed by atoms with Crippen molar-refractivity contribution >= 4 is 50.9 Å². The van der Waals surface area contributed by atoms with E-state index < -0.39 is 28.7 Å². The van der Waals surface area contributed by atoms with Gasteiger partial charge >= 0.3 is 10.2 Å². The number of likely N-dealkylation sites (N-methyl/N-ethyl adjacent to an activating group) is 1. The fourth-order valence-corrected chi connectivity index (χ4v) is 4.88. The fraction of sp³-hybridized carbons (Fsp3) is 0.391. The second kappa shape index (κ2) is 12.4. The highest BCUT2D eigenvalue weighted by Crippen LogP contribution is 2.25. The second-order valence-corrected chi connectivity index (χ2v) is 10.6. The van der Waals surface area contributed by atoms with Crippen molar-refractivity contribution in [1.82, 2.24) is 14.5 Å². The minimum Gasteiger partial charge on any atom is -0.355 e. The Morgan fingerprint density at radius 3 is 2.21 bits per heavy atom. The predicted molar refractivity (Wildman–Crippen MR) is 136 cm³/mol. The van der Waals surface area contributed by atoms with Crippen molar-refractivity contribution in [3.63, 3.8) is 0 Å². The van der Waals surface area contributed by atoms with Crippen molar-refractivity contribution in [3.05, 3.63) is 64.1 Å². The van der Waals surface area contributed by atoms with Gasteiger partial charge in [0.05, 0.1) is 5.69 Å². The van der Waals surface area contributed by atoms with Crippen LogP contribution in [-0.4, -0.2) is 62.7 Å². The van der Waals surface area contributed by atoms with Crippen molar-refractivity contribution in [1.29, 1.82) is 0 Å². The molecule has 2 rings (SSSR count). The van der Waals surface area contributed by atoms with E-state index in [0.717, 1.165) is 8.61 Å². The SMILES string of the molecule is CCNC(=O)C(CC)N(Cc1ccc(Cl)cc1Cl)C(=O)CN(c1ccccc1)S(=O)(=O)N(C)C. The summed E-state index contributed by atoms with van der Waals surface area (Å²) in [5.41, 5.74) is 0.920. The van der Waals surface area contributed by atoms with Crippen LogP contribution in [0.1, 0.15) is 25.8 Å². The molecule has 1 unspecified atom stereocenters. The van der Waals surface area contributed by atoms with Crippen LogP contribution in [0, 0.1) is 0 Å². The third-order valence-corrected chi connectivity index (χ3v) is 7.56. The molecule has 0 aromatic heterocycles. The Bertz CT molecular complexity index is 1100. The van der Waals surface area contributed by atoms with E-state index in [-0.39, 0.29) is 12.5 Å². The van der Waals surface area contributed by atoms with Crippen molar-refractivity contribution in [3.8, 4) is 0 Å². The molecule has 11 heteroatoms. The monoisotopic (exact) mass is 528 g/mol. The molecule has 2 aromatic rings. The van der Waals surface area contributed by atoms with Crippen molar-refractivity contribution < 1.29 is 18.0 Å². The van der Waals surface area contributed by atoms with Gasteiger partial charge in [-0.05, 0) is 43.2 Å². The molecule has 0 heterocycles. The van der Waals surface area contributed by atoms with E-state index in [9.17, 15) is 18.0 Å². The number of para-hydroxylation sites is 1. The summed E-state index contributed by atoms with van der Waals surface area (Å²) in [4.78, 5) is 27.8. The molecule has 0 aliphatic heterocycles. The standard InChI is InChI=1S/C23H30Cl2N4O4S/c1-5-21(23(31)26-6-2)28(15-17-12-13-18(24)14-20(17)25)22(30)16-29(34(32,33)27(3)4)19-10-8-7-9-11-19/h7-14,21H,5-6,15-16H2,1-4H3,(H,26,31). The van der Waals surface area contributed by atoms with Gasteiger partial charge < -0.3 is 10.2 Å². The van der Waals surface area contributed by atoms with Crippen LogP contribution in [0.5, 0.6) is 0 Å². The molecule has 0 saturated heterocycles. The Balaban J connectivity index is 2.50. The Kier molecular flexibility index (Phi) is 10.2. The zero-order valence-corrected chi connectivity index (χ0v) is 22.0. The largest absolute Gasteiger partial charge is 0.355 e. The van der Waals surface area contributed by atoms with Gasteiger partial charge in [0, 0.05) is 37.2 Å². The van der Waals surface area contributed by atoms with Crippen molar-refractivity contribution in [2.45, 2.75) is 32.9 Å². The minimum atomic E-state index is -4.00. The van der Waals surface area contributed by atoms with Crippen LogP contribution < -0.4 is 9.62 Å². The lowest BCUT2D eigenvalue weighted by molar-refractivity contribution is -0.140. The Labute approximate surface area is 211 Å². The van der Waals surface area contributed by atoms with E-state index in [1.807, 2.05) is 0 Å². The van der Waals surface area contributed by atoms with E-state index in [1.54, 1.807) is 62.4 Å². The van der Waals surface area contributed by atoms with Crippen molar-refractivity contribution in [2.75, 3.05) is 31.5 Å². The highest BCUT2D eigenvalue weighted by atomic mass is 35.5. The van der Waals surface area contributed by atoms with Gasteiger partial charge in [0.1, 0.15) is 12.6 Å². The smallest absolute Gasteiger partial charge is 0.304 e. The molecule has 0 bridgehead atoms. The van der Waals surface area contributed by atoms with E-state index in [2.05, 4.69) is 5.32 Å². The first-order chi connectivity index (χ1) is 16.0. The maximum Gasteiger partial charge on any atom is 0.304 e. The molecule has 2 aromatic carbocycles. The summed E-state index contributed by atoms with van der Waals surface area (Å²) in [6.45, 7) is 3.48. The van der Waals surface area contributed by atoms with E-state index in [1.165, 1.54) is 19.0 Å². The van der Waals surface area contributed by atoms with Gasteiger partial charge in [-0.3, -0.25) is 9.59 Å². The van der Waals surface area contributed by atoms with Crippen LogP contribution in [0.15, 0.2) is 48.5 Å². The molecule has 0 aliphatic rings. The molecule has 1 atom stereocenters. The molecule has 0 spiro atoms. The maximum absolute atomic E-state index is 13.6. The minimum absolute atomic E-state index is 0.00905. The number of rotatable bonds is 11. The normalized spacial score (nSPS) is 12.3. The van der Waals surface area contributed by atoms with Crippen LogP contribution in [0.25, 0.3) is 0 Å². The maximum atomic E-state index is 13.6. The summed E-state index contributed by atoms with van der Waals surface area (Å²) in [5.74, 6) is -0.872. The summed E-state index contributed by atoms with van der Waals surface area (Å²) < 4.78 is 28.2. The topological polar surface area (TPSA) is 90.0 Å². The van der Waals surface area contributed by atoms with Gasteiger partial charge in [-0.2, -0.15) is 12.7 Å². The number of nitrogens with zero attached hydrogens (tertiary/aromatic N) is 3. The van der Waals surface area contributed by atoms with Gasteiger partial charge in [0.2, 0.25) is 11.8 Å². The number of carbonyl (C=O) groups is 2. The predicted octanol–water partition coefficient (Wildman–Crippen LogP) is 3.55. The van der Waals surface area contributed by atoms with Crippen molar-refractivity contribution in [2.24, 2.45) is 0 Å². The molecule has 8 nitrogen and oxygen atoms in total. The summed E-state index contributed by atoms with van der Waals surface area (Å²) in [6.07, 6.45) is 0.328. The lowest BCUT2D eigenvalue weighted by atomic mass is 10.1. The molecule has 0 radical (unpaired) electrons. The fourth-order valence-electron chi connectivity index (χ4n) is 3.36. The summed E-state index contributed by atoms with van der Waals surface area (Å²) >= 11 is 12.4. The van der Waals surface area contributed by atoms with E-state index >= 15 is 0 Å². The van der Waals surface area contributed by atoms with Crippen LogP contribution in [0.2, 0.25) is 10.0 Å². The summed E-state index contributed by atoms with van der Waals surface area (Å²) in [6, 6.07) is 12.4. The number of nitrogens with one attached hydrogen (secondary N) is 1. The second-order valence-electron chi connectivity index (χ2n) is 7.71. The molecule has 186 valence electrons. The first kappa shape index (κ1) is 27.9. The average Bonchev–Trinajstić information content (AvgIpc) is 2.79. The van der Waals surface area contributed by atoms with Crippen LogP contribution >= 0.6 is 23.2 Å². The number of hydrogen-bond donors (Lipinski definition) is 1. The first-order valence-corrected chi connectivity index (χ1v) is 12.9. The molecular formula is C23H30Cl2N4O4S. The number of anilines is 1. The first-order valence-electron chi connectivity index (χ1n) is 10.8. The highest BCUT2D eigenvalue weighted by Gasteiger charge is 2.33. The number of benzene rings is 2. The molecule has 1 N–H and O–H groups in total. The van der Waals surface area contributed by atoms with Gasteiger partial charge in [-0.25, -0.2) is 4.31 Å². The highest BCUT2D eigenvalue weighted by molar-refractivity contribution is 7.90. The van der Waals surface area contributed by atoms with Gasteiger partial charge in [0.25, 0.3) is 0 Å². The van der Waals surface area contributed by atoms with E-state index in [4.69, 9.17) is 23.2 Å². The lowest BCUT2D eigenvalue weighted by Gasteiger charge is -2.34. The molecule has 0 fully saturated rings. The van der Waals surface area contributed by atoms with Crippen LogP contribution in [0.4, 0.5) is 5.69 Å². The summed E-state index contributed by atoms with van der Waals surface area (Å²) in [7, 11) is -1.21.